The van der Waals surface area contributed by atoms with E-state index in [1.165, 1.54) is 0 Å². The second-order valence-electron chi connectivity index (χ2n) is 7.88. The fraction of sp³-hybridized carbons (Fsp3) is 0.375. The average Bonchev–Trinajstić information content (AvgIpc) is 2.75. The number of carbonyl (C=O) groups excluding carboxylic acids is 3. The monoisotopic (exact) mass is 424 g/mol. The van der Waals surface area contributed by atoms with Gasteiger partial charge in [0.2, 0.25) is 17.7 Å². The molecule has 0 radical (unpaired) electrons. The van der Waals surface area contributed by atoms with E-state index in [-0.39, 0.29) is 24.3 Å². The summed E-state index contributed by atoms with van der Waals surface area (Å²) >= 11 is 0. The fourth-order valence-electron chi connectivity index (χ4n) is 2.93. The first-order chi connectivity index (χ1) is 14.7. The molecule has 0 aliphatic carbocycles. The van der Waals surface area contributed by atoms with Crippen molar-refractivity contribution in [2.24, 2.45) is 0 Å². The Bertz CT molecular complexity index is 892. The van der Waals surface area contributed by atoms with Crippen molar-refractivity contribution in [2.75, 3.05) is 45.4 Å². The zero-order valence-electron chi connectivity index (χ0n) is 18.8. The summed E-state index contributed by atoms with van der Waals surface area (Å²) in [4.78, 5) is 38.9. The van der Waals surface area contributed by atoms with Gasteiger partial charge >= 0.3 is 0 Å². The van der Waals surface area contributed by atoms with Gasteiger partial charge in [-0.3, -0.25) is 14.4 Å². The van der Waals surface area contributed by atoms with Crippen molar-refractivity contribution < 1.29 is 14.4 Å². The highest BCUT2D eigenvalue weighted by Crippen LogP contribution is 2.14. The first kappa shape index (κ1) is 23.9. The summed E-state index contributed by atoms with van der Waals surface area (Å²) in [5.41, 5.74) is 3.65. The van der Waals surface area contributed by atoms with Gasteiger partial charge in [0.25, 0.3) is 0 Å². The van der Waals surface area contributed by atoms with E-state index in [1.807, 2.05) is 48.5 Å². The lowest BCUT2D eigenvalue weighted by Gasteiger charge is -2.12. The Morgan fingerprint density at radius 2 is 1.32 bits per heavy atom. The van der Waals surface area contributed by atoms with Crippen LogP contribution in [0.15, 0.2) is 48.5 Å². The number of hydrogen-bond donors (Lipinski definition) is 2. The molecule has 0 atom stereocenters. The van der Waals surface area contributed by atoms with E-state index < -0.39 is 0 Å². The Kier molecular flexibility index (Phi) is 9.06. The van der Waals surface area contributed by atoms with Crippen molar-refractivity contribution in [3.8, 4) is 0 Å². The smallest absolute Gasteiger partial charge is 0.243 e. The SMILES string of the molecule is CN(C)C(=O)CCc1ccc(NC(=O)CNc2cccc(CCC(=O)N(C)C)c2)cc1. The molecule has 0 aliphatic rings. The summed E-state index contributed by atoms with van der Waals surface area (Å²) in [7, 11) is 6.99. The van der Waals surface area contributed by atoms with E-state index in [1.54, 1.807) is 38.0 Å². The summed E-state index contributed by atoms with van der Waals surface area (Å²) in [5, 5.41) is 5.98. The zero-order valence-corrected chi connectivity index (χ0v) is 18.8. The molecule has 166 valence electrons. The van der Waals surface area contributed by atoms with Crippen LogP contribution in [0.3, 0.4) is 0 Å². The molecule has 3 amide bonds. The van der Waals surface area contributed by atoms with E-state index in [4.69, 9.17) is 0 Å². The summed E-state index contributed by atoms with van der Waals surface area (Å²) in [6, 6.07) is 15.3. The maximum Gasteiger partial charge on any atom is 0.243 e. The molecule has 0 saturated heterocycles. The maximum absolute atomic E-state index is 12.3. The lowest BCUT2D eigenvalue weighted by Crippen LogP contribution is -2.22. The predicted octanol–water partition coefficient (Wildman–Crippen LogP) is 2.78. The van der Waals surface area contributed by atoms with Crippen molar-refractivity contribution in [3.63, 3.8) is 0 Å². The Balaban J connectivity index is 1.79. The van der Waals surface area contributed by atoms with Crippen molar-refractivity contribution in [1.82, 2.24) is 9.80 Å². The number of anilines is 2. The molecule has 0 fully saturated rings. The van der Waals surface area contributed by atoms with Gasteiger partial charge < -0.3 is 20.4 Å². The number of aryl methyl sites for hydroxylation is 2. The van der Waals surface area contributed by atoms with E-state index in [0.29, 0.717) is 31.4 Å². The van der Waals surface area contributed by atoms with Crippen LogP contribution in [-0.4, -0.2) is 62.3 Å². The maximum atomic E-state index is 12.3. The highest BCUT2D eigenvalue weighted by molar-refractivity contribution is 5.93. The molecule has 7 heteroatoms. The molecular weight excluding hydrogens is 392 g/mol. The topological polar surface area (TPSA) is 81.8 Å². The Hall–Kier alpha value is -3.35. The lowest BCUT2D eigenvalue weighted by molar-refractivity contribution is -0.129. The normalized spacial score (nSPS) is 10.3. The fourth-order valence-corrected chi connectivity index (χ4v) is 2.93. The molecule has 2 aromatic rings. The zero-order chi connectivity index (χ0) is 22.8. The number of carbonyl (C=O) groups is 3. The van der Waals surface area contributed by atoms with E-state index >= 15 is 0 Å². The van der Waals surface area contributed by atoms with Gasteiger partial charge in [-0.2, -0.15) is 0 Å². The highest BCUT2D eigenvalue weighted by atomic mass is 16.2. The average molecular weight is 425 g/mol. The summed E-state index contributed by atoms with van der Waals surface area (Å²) in [6.07, 6.45) is 2.25. The Labute approximate surface area is 184 Å². The van der Waals surface area contributed by atoms with Crippen molar-refractivity contribution in [1.29, 1.82) is 0 Å². The third-order valence-corrected chi connectivity index (χ3v) is 4.87. The molecule has 2 aromatic carbocycles. The quantitative estimate of drug-likeness (QED) is 0.615. The summed E-state index contributed by atoms with van der Waals surface area (Å²) in [6.45, 7) is 0.138. The highest BCUT2D eigenvalue weighted by Gasteiger charge is 2.07. The molecule has 2 rings (SSSR count). The van der Waals surface area contributed by atoms with Crippen molar-refractivity contribution in [3.05, 3.63) is 59.7 Å². The van der Waals surface area contributed by atoms with Crippen LogP contribution in [0.5, 0.6) is 0 Å². The molecule has 0 spiro atoms. The molecule has 2 N–H and O–H groups in total. The third-order valence-electron chi connectivity index (χ3n) is 4.87. The van der Waals surface area contributed by atoms with Gasteiger partial charge in [0.15, 0.2) is 0 Å². The van der Waals surface area contributed by atoms with Crippen LogP contribution in [0.2, 0.25) is 0 Å². The minimum atomic E-state index is -0.149. The number of rotatable bonds is 10. The lowest BCUT2D eigenvalue weighted by atomic mass is 10.1. The predicted molar refractivity (Wildman–Crippen MR) is 124 cm³/mol. The molecular formula is C24H32N4O3. The second kappa shape index (κ2) is 11.7. The van der Waals surface area contributed by atoms with Gasteiger partial charge in [0, 0.05) is 52.4 Å². The van der Waals surface area contributed by atoms with Crippen molar-refractivity contribution in [2.45, 2.75) is 25.7 Å². The summed E-state index contributed by atoms with van der Waals surface area (Å²) in [5.74, 6) is 0.0357. The van der Waals surface area contributed by atoms with Crippen LogP contribution in [-0.2, 0) is 27.2 Å². The molecule has 0 bridgehead atoms. The molecule has 0 heterocycles. The van der Waals surface area contributed by atoms with Gasteiger partial charge in [-0.25, -0.2) is 0 Å². The van der Waals surface area contributed by atoms with E-state index in [2.05, 4.69) is 10.6 Å². The van der Waals surface area contributed by atoms with Gasteiger partial charge in [0.05, 0.1) is 6.54 Å². The number of benzene rings is 2. The molecule has 0 unspecified atom stereocenters. The first-order valence-corrected chi connectivity index (χ1v) is 10.4. The van der Waals surface area contributed by atoms with Crippen LogP contribution in [0, 0.1) is 0 Å². The van der Waals surface area contributed by atoms with Crippen LogP contribution >= 0.6 is 0 Å². The van der Waals surface area contributed by atoms with Crippen LogP contribution < -0.4 is 10.6 Å². The van der Waals surface area contributed by atoms with E-state index in [9.17, 15) is 14.4 Å². The van der Waals surface area contributed by atoms with Crippen LogP contribution in [0.4, 0.5) is 11.4 Å². The second-order valence-corrected chi connectivity index (χ2v) is 7.88. The van der Waals surface area contributed by atoms with Crippen LogP contribution in [0.1, 0.15) is 24.0 Å². The minimum Gasteiger partial charge on any atom is -0.376 e. The Morgan fingerprint density at radius 3 is 1.90 bits per heavy atom. The first-order valence-electron chi connectivity index (χ1n) is 10.4. The number of hydrogen-bond acceptors (Lipinski definition) is 4. The Morgan fingerprint density at radius 1 is 0.742 bits per heavy atom. The van der Waals surface area contributed by atoms with Crippen LogP contribution in [0.25, 0.3) is 0 Å². The molecule has 7 nitrogen and oxygen atoms in total. The van der Waals surface area contributed by atoms with Gasteiger partial charge in [-0.15, -0.1) is 0 Å². The number of nitrogens with one attached hydrogen (secondary N) is 2. The molecule has 0 aliphatic heterocycles. The number of nitrogens with zero attached hydrogens (tertiary/aromatic N) is 2. The number of amides is 3. The van der Waals surface area contributed by atoms with Gasteiger partial charge in [-0.05, 0) is 48.2 Å². The molecule has 0 saturated carbocycles. The van der Waals surface area contributed by atoms with Crippen molar-refractivity contribution >= 4 is 29.1 Å². The molecule has 31 heavy (non-hydrogen) atoms. The minimum absolute atomic E-state index is 0.0908. The third kappa shape index (κ3) is 8.50. The van der Waals surface area contributed by atoms with E-state index in [0.717, 1.165) is 16.8 Å². The summed E-state index contributed by atoms with van der Waals surface area (Å²) < 4.78 is 0. The molecule has 0 aromatic heterocycles. The standard InChI is InChI=1S/C24H32N4O3/c1-27(2)23(30)14-10-18-8-12-20(13-9-18)26-22(29)17-25-21-7-5-6-19(16-21)11-15-24(31)28(3)4/h5-9,12-13,16,25H,10-11,14-15,17H2,1-4H3,(H,26,29). The van der Waals surface area contributed by atoms with Gasteiger partial charge in [-0.1, -0.05) is 24.3 Å². The van der Waals surface area contributed by atoms with Gasteiger partial charge in [0.1, 0.15) is 0 Å². The largest absolute Gasteiger partial charge is 0.376 e.